The first-order chi connectivity index (χ1) is 9.58. The summed E-state index contributed by atoms with van der Waals surface area (Å²) >= 11 is 0. The Labute approximate surface area is 116 Å². The van der Waals surface area contributed by atoms with Crippen LogP contribution in [0.15, 0.2) is 24.8 Å². The molecule has 0 bridgehead atoms. The van der Waals surface area contributed by atoms with E-state index in [0.717, 1.165) is 6.42 Å². The minimum atomic E-state index is -0.598. The highest BCUT2D eigenvalue weighted by Gasteiger charge is 2.18. The van der Waals surface area contributed by atoms with Crippen molar-refractivity contribution in [3.63, 3.8) is 0 Å². The van der Waals surface area contributed by atoms with E-state index in [1.807, 2.05) is 6.92 Å². The molecule has 0 atom stereocenters. The Morgan fingerprint density at radius 2 is 2.35 bits per heavy atom. The van der Waals surface area contributed by atoms with Crippen molar-refractivity contribution in [2.45, 2.75) is 26.2 Å². The van der Waals surface area contributed by atoms with Crippen molar-refractivity contribution in [2.24, 2.45) is 0 Å². The number of nitrogens with one attached hydrogen (secondary N) is 1. The maximum Gasteiger partial charge on any atom is 0.312 e. The third-order valence-corrected chi connectivity index (χ3v) is 2.41. The van der Waals surface area contributed by atoms with E-state index in [0.29, 0.717) is 12.8 Å². The van der Waals surface area contributed by atoms with Crippen molar-refractivity contribution in [3.05, 3.63) is 34.9 Å². The maximum atomic E-state index is 11.6. The van der Waals surface area contributed by atoms with Gasteiger partial charge in [-0.05, 0) is 6.42 Å². The molecule has 1 heterocycles. The minimum Gasteiger partial charge on any atom is -0.473 e. The van der Waals surface area contributed by atoms with Crippen molar-refractivity contribution in [1.29, 1.82) is 0 Å². The number of aromatic nitrogens is 1. The lowest BCUT2D eigenvalue weighted by atomic mass is 10.2. The van der Waals surface area contributed by atoms with E-state index in [-0.39, 0.29) is 29.9 Å². The second kappa shape index (κ2) is 7.88. The number of hydrogen-bond acceptors (Lipinski definition) is 5. The third-order valence-electron chi connectivity index (χ3n) is 2.41. The van der Waals surface area contributed by atoms with Crippen molar-refractivity contribution < 1.29 is 14.5 Å². The number of anilines is 1. The van der Waals surface area contributed by atoms with Crippen LogP contribution in [0.5, 0.6) is 5.88 Å². The highest BCUT2D eigenvalue weighted by molar-refractivity contribution is 5.91. The van der Waals surface area contributed by atoms with Crippen LogP contribution in [-0.4, -0.2) is 22.4 Å². The van der Waals surface area contributed by atoms with Crippen LogP contribution in [0.3, 0.4) is 0 Å². The summed E-state index contributed by atoms with van der Waals surface area (Å²) in [6.45, 7) is 5.68. The zero-order valence-corrected chi connectivity index (χ0v) is 11.3. The second-order valence-corrected chi connectivity index (χ2v) is 4.03. The Hall–Kier alpha value is -2.44. The number of carbonyl (C=O) groups excluding carboxylic acids is 1. The van der Waals surface area contributed by atoms with Crippen molar-refractivity contribution in [2.75, 3.05) is 11.9 Å². The van der Waals surface area contributed by atoms with Gasteiger partial charge < -0.3 is 10.1 Å². The van der Waals surface area contributed by atoms with Gasteiger partial charge >= 0.3 is 5.69 Å². The predicted octanol–water partition coefficient (Wildman–Crippen LogP) is 2.68. The first-order valence-corrected chi connectivity index (χ1v) is 6.27. The molecule has 108 valence electrons. The van der Waals surface area contributed by atoms with Gasteiger partial charge in [-0.2, -0.15) is 4.98 Å². The standard InChI is InChI=1S/C13H17N3O4/c1-3-5-6-11(17)14-13-10(16(18)19)7-8-12(15-13)20-9-4-2/h4,7-8H,2-3,5-6,9H2,1H3,(H,14,15,17). The predicted molar refractivity (Wildman–Crippen MR) is 74.7 cm³/mol. The summed E-state index contributed by atoms with van der Waals surface area (Å²) in [6.07, 6.45) is 3.41. The first-order valence-electron chi connectivity index (χ1n) is 6.27. The van der Waals surface area contributed by atoms with E-state index in [2.05, 4.69) is 16.9 Å². The van der Waals surface area contributed by atoms with Gasteiger partial charge in [0.2, 0.25) is 17.6 Å². The molecule has 0 aliphatic rings. The van der Waals surface area contributed by atoms with Crippen molar-refractivity contribution in [3.8, 4) is 5.88 Å². The minimum absolute atomic E-state index is 0.0994. The molecule has 0 aliphatic heterocycles. The van der Waals surface area contributed by atoms with E-state index >= 15 is 0 Å². The molecule has 20 heavy (non-hydrogen) atoms. The number of ether oxygens (including phenoxy) is 1. The molecule has 0 spiro atoms. The third kappa shape index (κ3) is 4.68. The molecule has 0 saturated heterocycles. The lowest BCUT2D eigenvalue weighted by molar-refractivity contribution is -0.384. The van der Waals surface area contributed by atoms with Crippen LogP contribution >= 0.6 is 0 Å². The van der Waals surface area contributed by atoms with Crippen LogP contribution < -0.4 is 10.1 Å². The largest absolute Gasteiger partial charge is 0.473 e. The van der Waals surface area contributed by atoms with E-state index in [1.54, 1.807) is 0 Å². The number of carbonyl (C=O) groups is 1. The molecule has 1 amide bonds. The van der Waals surface area contributed by atoms with Crippen LogP contribution in [0.2, 0.25) is 0 Å². The quantitative estimate of drug-likeness (QED) is 0.448. The van der Waals surface area contributed by atoms with Crippen molar-refractivity contribution in [1.82, 2.24) is 4.98 Å². The fourth-order valence-corrected chi connectivity index (χ4v) is 1.43. The molecular weight excluding hydrogens is 262 g/mol. The lowest BCUT2D eigenvalue weighted by Crippen LogP contribution is -2.14. The number of nitro groups is 1. The van der Waals surface area contributed by atoms with Gasteiger partial charge in [0.05, 0.1) is 4.92 Å². The molecule has 0 radical (unpaired) electrons. The molecule has 7 nitrogen and oxygen atoms in total. The molecular formula is C13H17N3O4. The molecule has 1 N–H and O–H groups in total. The number of nitrogens with zero attached hydrogens (tertiary/aromatic N) is 2. The normalized spacial score (nSPS) is 9.85. The lowest BCUT2D eigenvalue weighted by Gasteiger charge is -2.07. The Kier molecular flexibility index (Phi) is 6.15. The Balaban J connectivity index is 2.90. The Morgan fingerprint density at radius 1 is 1.60 bits per heavy atom. The summed E-state index contributed by atoms with van der Waals surface area (Å²) in [7, 11) is 0. The van der Waals surface area contributed by atoms with Gasteiger partial charge in [-0.1, -0.05) is 26.0 Å². The molecule has 7 heteroatoms. The topological polar surface area (TPSA) is 94.4 Å². The summed E-state index contributed by atoms with van der Waals surface area (Å²) in [4.78, 5) is 25.9. The molecule has 0 aromatic carbocycles. The number of pyridine rings is 1. The SMILES string of the molecule is C=CCOc1ccc([N+](=O)[O-])c(NC(=O)CCCC)n1. The summed E-state index contributed by atoms with van der Waals surface area (Å²) in [5, 5.41) is 13.3. The Morgan fingerprint density at radius 3 is 2.95 bits per heavy atom. The Bertz CT molecular complexity index is 502. The van der Waals surface area contributed by atoms with Gasteiger partial charge in [-0.25, -0.2) is 0 Å². The highest BCUT2D eigenvalue weighted by atomic mass is 16.6. The smallest absolute Gasteiger partial charge is 0.312 e. The summed E-state index contributed by atoms with van der Waals surface area (Å²) in [5.74, 6) is -0.206. The van der Waals surface area contributed by atoms with Crippen LogP contribution in [0.25, 0.3) is 0 Å². The number of unbranched alkanes of at least 4 members (excludes halogenated alkanes) is 1. The average Bonchev–Trinajstić information content (AvgIpc) is 2.42. The zero-order valence-electron chi connectivity index (χ0n) is 11.3. The van der Waals surface area contributed by atoms with E-state index < -0.39 is 4.92 Å². The molecule has 0 aliphatic carbocycles. The molecule has 0 fully saturated rings. The molecule has 0 saturated carbocycles. The van der Waals surface area contributed by atoms with Crippen LogP contribution in [0.4, 0.5) is 11.5 Å². The fourth-order valence-electron chi connectivity index (χ4n) is 1.43. The van der Waals surface area contributed by atoms with E-state index in [1.165, 1.54) is 18.2 Å². The molecule has 1 aromatic rings. The van der Waals surface area contributed by atoms with Crippen LogP contribution in [0.1, 0.15) is 26.2 Å². The van der Waals surface area contributed by atoms with Gasteiger partial charge in [0.25, 0.3) is 0 Å². The van der Waals surface area contributed by atoms with Gasteiger partial charge in [0, 0.05) is 18.6 Å². The number of hydrogen-bond donors (Lipinski definition) is 1. The second-order valence-electron chi connectivity index (χ2n) is 4.03. The van der Waals surface area contributed by atoms with Gasteiger partial charge in [-0.15, -0.1) is 0 Å². The number of rotatable bonds is 8. The van der Waals surface area contributed by atoms with Gasteiger partial charge in [-0.3, -0.25) is 14.9 Å². The maximum absolute atomic E-state index is 11.6. The van der Waals surface area contributed by atoms with E-state index in [9.17, 15) is 14.9 Å². The van der Waals surface area contributed by atoms with Gasteiger partial charge in [0.15, 0.2) is 0 Å². The molecule has 1 aromatic heterocycles. The van der Waals surface area contributed by atoms with E-state index in [4.69, 9.17) is 4.74 Å². The fraction of sp³-hybridized carbons (Fsp3) is 0.385. The average molecular weight is 279 g/mol. The van der Waals surface area contributed by atoms with Crippen LogP contribution in [-0.2, 0) is 4.79 Å². The summed E-state index contributed by atoms with van der Waals surface area (Å²) in [5.41, 5.74) is -0.263. The monoisotopic (exact) mass is 279 g/mol. The highest BCUT2D eigenvalue weighted by Crippen LogP contribution is 2.25. The van der Waals surface area contributed by atoms with Crippen molar-refractivity contribution >= 4 is 17.4 Å². The molecule has 0 unspecified atom stereocenters. The molecule has 1 rings (SSSR count). The first kappa shape index (κ1) is 15.6. The number of amides is 1. The van der Waals surface area contributed by atoms with Gasteiger partial charge in [0.1, 0.15) is 6.61 Å². The van der Waals surface area contributed by atoms with Crippen LogP contribution in [0, 0.1) is 10.1 Å². The zero-order chi connectivity index (χ0) is 15.0. The summed E-state index contributed by atoms with van der Waals surface area (Å²) < 4.78 is 5.19. The summed E-state index contributed by atoms with van der Waals surface area (Å²) in [6, 6.07) is 2.63.